The zero-order valence-corrected chi connectivity index (χ0v) is 14.6. The Bertz CT molecular complexity index is 641. The molecule has 23 heavy (non-hydrogen) atoms. The van der Waals surface area contributed by atoms with E-state index in [-0.39, 0.29) is 11.8 Å². The fraction of sp³-hybridized carbons (Fsp3) is 0.312. The monoisotopic (exact) mass is 350 g/mol. The third-order valence-electron chi connectivity index (χ3n) is 3.01. The van der Waals surface area contributed by atoms with Crippen LogP contribution in [0.3, 0.4) is 0 Å². The molecule has 0 aromatic heterocycles. The van der Waals surface area contributed by atoms with Gasteiger partial charge in [0.05, 0.1) is 11.5 Å². The zero-order chi connectivity index (χ0) is 16.8. The first-order valence-electron chi connectivity index (χ1n) is 7.29. The lowest BCUT2D eigenvalue weighted by atomic mass is 10.2. The van der Waals surface area contributed by atoms with Crippen LogP contribution in [0.5, 0.6) is 5.75 Å². The lowest BCUT2D eigenvalue weighted by Gasteiger charge is -2.13. The molecular formula is C16H18N2O3S2. The number of ether oxygens (including phenoxy) is 1. The summed E-state index contributed by atoms with van der Waals surface area (Å²) in [5, 5.41) is 1.09. The van der Waals surface area contributed by atoms with Crippen LogP contribution in [0.4, 0.5) is 0 Å². The summed E-state index contributed by atoms with van der Waals surface area (Å²) in [6.07, 6.45) is 3.86. The number of unbranched alkanes of at least 4 members (excludes halogenated alkanes) is 1. The van der Waals surface area contributed by atoms with Crippen LogP contribution in [0.1, 0.15) is 32.3 Å². The predicted molar refractivity (Wildman–Crippen MR) is 95.7 cm³/mol. The first-order chi connectivity index (χ1) is 11.0. The Morgan fingerprint density at radius 1 is 1.39 bits per heavy atom. The van der Waals surface area contributed by atoms with E-state index in [0.717, 1.165) is 40.9 Å². The van der Waals surface area contributed by atoms with Crippen LogP contribution in [-0.4, -0.2) is 27.8 Å². The summed E-state index contributed by atoms with van der Waals surface area (Å²) in [6.45, 7) is 4.15. The van der Waals surface area contributed by atoms with E-state index in [9.17, 15) is 9.59 Å². The normalized spacial score (nSPS) is 16.1. The van der Waals surface area contributed by atoms with Crippen LogP contribution in [0, 0.1) is 0 Å². The van der Waals surface area contributed by atoms with E-state index in [4.69, 9.17) is 17.0 Å². The van der Waals surface area contributed by atoms with Gasteiger partial charge in [0.15, 0.2) is 4.32 Å². The molecule has 1 aliphatic heterocycles. The molecule has 7 heteroatoms. The first kappa shape index (κ1) is 17.5. The lowest BCUT2D eigenvalue weighted by molar-refractivity contribution is -0.131. The molecule has 0 saturated carbocycles. The second-order valence-electron chi connectivity index (χ2n) is 4.96. The fourth-order valence-corrected chi connectivity index (χ4v) is 3.05. The molecule has 0 unspecified atom stereocenters. The predicted octanol–water partition coefficient (Wildman–Crippen LogP) is 3.12. The van der Waals surface area contributed by atoms with Gasteiger partial charge in [0.25, 0.3) is 5.91 Å². The maximum absolute atomic E-state index is 12.2. The van der Waals surface area contributed by atoms with E-state index in [0.29, 0.717) is 15.8 Å². The highest BCUT2D eigenvalue weighted by molar-refractivity contribution is 8.26. The van der Waals surface area contributed by atoms with Gasteiger partial charge in [-0.3, -0.25) is 15.0 Å². The van der Waals surface area contributed by atoms with Gasteiger partial charge in [-0.25, -0.2) is 0 Å². The largest absolute Gasteiger partial charge is 0.494 e. The topological polar surface area (TPSA) is 58.6 Å². The number of hydrogen-bond donors (Lipinski definition) is 1. The molecular weight excluding hydrogens is 332 g/mol. The van der Waals surface area contributed by atoms with Gasteiger partial charge in [-0.15, -0.1) is 0 Å². The quantitative estimate of drug-likeness (QED) is 0.485. The molecule has 1 fully saturated rings. The van der Waals surface area contributed by atoms with Crippen LogP contribution in [0.25, 0.3) is 6.08 Å². The fourth-order valence-electron chi connectivity index (χ4n) is 1.87. The Morgan fingerprint density at radius 2 is 2.09 bits per heavy atom. The minimum absolute atomic E-state index is 0.316. The minimum Gasteiger partial charge on any atom is -0.494 e. The molecule has 1 aromatic rings. The smallest absolute Gasteiger partial charge is 0.285 e. The summed E-state index contributed by atoms with van der Waals surface area (Å²) in [4.78, 5) is 23.8. The third-order valence-corrected chi connectivity index (χ3v) is 4.31. The molecule has 1 aliphatic rings. The van der Waals surface area contributed by atoms with E-state index < -0.39 is 0 Å². The van der Waals surface area contributed by atoms with E-state index in [1.807, 2.05) is 24.3 Å². The highest BCUT2D eigenvalue weighted by atomic mass is 32.2. The molecule has 2 amide bonds. The minimum atomic E-state index is -0.337. The maximum Gasteiger partial charge on any atom is 0.285 e. The lowest BCUT2D eigenvalue weighted by Crippen LogP contribution is -2.43. The number of hydrogen-bond acceptors (Lipinski definition) is 5. The van der Waals surface area contributed by atoms with Crippen molar-refractivity contribution in [2.24, 2.45) is 0 Å². The molecule has 0 aliphatic carbocycles. The number of thiocarbonyl (C=S) groups is 1. The SMILES string of the molecule is CCCCOc1ccc(/C=C2\SC(=S)N(NC(C)=O)C2=O)cc1. The van der Waals surface area contributed by atoms with Crippen molar-refractivity contribution in [3.05, 3.63) is 34.7 Å². The van der Waals surface area contributed by atoms with Crippen molar-refractivity contribution >= 4 is 46.2 Å². The molecule has 2 rings (SSSR count). The Hall–Kier alpha value is -1.86. The zero-order valence-electron chi connectivity index (χ0n) is 13.0. The molecule has 1 saturated heterocycles. The molecule has 0 bridgehead atoms. The van der Waals surface area contributed by atoms with Gasteiger partial charge in [-0.05, 0) is 42.4 Å². The van der Waals surface area contributed by atoms with Crippen molar-refractivity contribution < 1.29 is 14.3 Å². The molecule has 122 valence electrons. The number of amides is 2. The molecule has 1 aromatic carbocycles. The van der Waals surface area contributed by atoms with Gasteiger partial charge >= 0.3 is 0 Å². The van der Waals surface area contributed by atoms with Gasteiger partial charge in [0.1, 0.15) is 5.75 Å². The summed E-state index contributed by atoms with van der Waals surface area (Å²) in [5.74, 6) is 0.149. The molecule has 0 atom stereocenters. The van der Waals surface area contributed by atoms with Crippen molar-refractivity contribution in [2.75, 3.05) is 6.61 Å². The van der Waals surface area contributed by atoms with Crippen molar-refractivity contribution in [1.29, 1.82) is 0 Å². The standard InChI is InChI=1S/C16H18N2O3S2/c1-3-4-9-21-13-7-5-12(6-8-13)10-14-15(20)18(16(22)23-14)17-11(2)19/h5-8,10H,3-4,9H2,1-2H3,(H,17,19)/b14-10-. The van der Waals surface area contributed by atoms with Crippen LogP contribution < -0.4 is 10.2 Å². The molecule has 1 N–H and O–H groups in total. The molecule has 5 nitrogen and oxygen atoms in total. The van der Waals surface area contributed by atoms with Crippen molar-refractivity contribution in [3.8, 4) is 5.75 Å². The number of nitrogens with one attached hydrogen (secondary N) is 1. The second-order valence-corrected chi connectivity index (χ2v) is 6.63. The van der Waals surface area contributed by atoms with E-state index in [1.165, 1.54) is 6.92 Å². The number of nitrogens with zero attached hydrogens (tertiary/aromatic N) is 1. The Morgan fingerprint density at radius 3 is 2.70 bits per heavy atom. The summed E-state index contributed by atoms with van der Waals surface area (Å²) in [6, 6.07) is 7.50. The number of benzene rings is 1. The van der Waals surface area contributed by atoms with Crippen LogP contribution in [-0.2, 0) is 9.59 Å². The Kier molecular flexibility index (Phi) is 6.18. The Labute approximate surface area is 145 Å². The molecule has 1 heterocycles. The van der Waals surface area contributed by atoms with Crippen LogP contribution in [0.2, 0.25) is 0 Å². The maximum atomic E-state index is 12.2. The first-order valence-corrected chi connectivity index (χ1v) is 8.51. The van der Waals surface area contributed by atoms with Crippen molar-refractivity contribution in [3.63, 3.8) is 0 Å². The van der Waals surface area contributed by atoms with Gasteiger partial charge in [0, 0.05) is 6.92 Å². The summed E-state index contributed by atoms with van der Waals surface area (Å²) >= 11 is 6.26. The number of rotatable bonds is 6. The number of carbonyl (C=O) groups is 2. The number of thioether (sulfide) groups is 1. The van der Waals surface area contributed by atoms with E-state index in [2.05, 4.69) is 12.3 Å². The summed E-state index contributed by atoms with van der Waals surface area (Å²) < 4.78 is 5.92. The Balaban J connectivity index is 2.05. The van der Waals surface area contributed by atoms with Gasteiger partial charge in [-0.2, -0.15) is 5.01 Å². The number of carbonyl (C=O) groups excluding carboxylic acids is 2. The van der Waals surface area contributed by atoms with Crippen LogP contribution >= 0.6 is 24.0 Å². The summed E-state index contributed by atoms with van der Waals surface area (Å²) in [7, 11) is 0. The van der Waals surface area contributed by atoms with Crippen molar-refractivity contribution in [1.82, 2.24) is 10.4 Å². The highest BCUT2D eigenvalue weighted by Crippen LogP contribution is 2.31. The van der Waals surface area contributed by atoms with E-state index >= 15 is 0 Å². The van der Waals surface area contributed by atoms with E-state index in [1.54, 1.807) is 6.08 Å². The van der Waals surface area contributed by atoms with Gasteiger partial charge in [-0.1, -0.05) is 37.2 Å². The highest BCUT2D eigenvalue weighted by Gasteiger charge is 2.32. The van der Waals surface area contributed by atoms with Gasteiger partial charge < -0.3 is 4.74 Å². The number of hydrazine groups is 1. The second kappa shape index (κ2) is 8.12. The molecule has 0 spiro atoms. The van der Waals surface area contributed by atoms with Gasteiger partial charge in [0.2, 0.25) is 5.91 Å². The molecule has 0 radical (unpaired) electrons. The average molecular weight is 350 g/mol. The summed E-state index contributed by atoms with van der Waals surface area (Å²) in [5.41, 5.74) is 3.29. The third kappa shape index (κ3) is 4.80. The average Bonchev–Trinajstić information content (AvgIpc) is 2.76. The van der Waals surface area contributed by atoms with Crippen LogP contribution in [0.15, 0.2) is 29.2 Å². The van der Waals surface area contributed by atoms with Crippen molar-refractivity contribution in [2.45, 2.75) is 26.7 Å².